The number of nitrogens with zero attached hydrogens (tertiary/aromatic N) is 5. The summed E-state index contributed by atoms with van der Waals surface area (Å²) in [6.45, 7) is 8.27. The Morgan fingerprint density at radius 3 is 2.18 bits per heavy atom. The predicted octanol–water partition coefficient (Wildman–Crippen LogP) is -5.18. The van der Waals surface area contributed by atoms with Crippen molar-refractivity contribution in [1.29, 1.82) is 0 Å². The van der Waals surface area contributed by atoms with Crippen LogP contribution in [0.25, 0.3) is 10.7 Å². The molecule has 17 N–H and O–H groups in total. The first kappa shape index (κ1) is 60.9. The predicted molar refractivity (Wildman–Crippen MR) is 268 cm³/mol. The van der Waals surface area contributed by atoms with Crippen LogP contribution in [0.15, 0.2) is 23.3 Å². The lowest BCUT2D eigenvalue weighted by Crippen LogP contribution is -3.00. The highest BCUT2D eigenvalue weighted by Crippen LogP contribution is 2.26. The molecule has 4 aromatic rings. The van der Waals surface area contributed by atoms with Gasteiger partial charge in [0.1, 0.15) is 57.7 Å². The molecule has 0 saturated heterocycles. The molecule has 7 amide bonds. The number of hydrogen-bond donors (Lipinski definition) is 13. The van der Waals surface area contributed by atoms with E-state index in [2.05, 4.69) is 74.3 Å². The summed E-state index contributed by atoms with van der Waals surface area (Å²) in [5.41, 5.74) is 23.3. The molecule has 0 unspecified atom stereocenters. The number of aromatic nitrogens is 6. The summed E-state index contributed by atoms with van der Waals surface area (Å²) in [4.78, 5) is 115. The van der Waals surface area contributed by atoms with E-state index in [-0.39, 0.29) is 77.5 Å². The van der Waals surface area contributed by atoms with Crippen molar-refractivity contribution in [2.45, 2.75) is 96.3 Å². The number of thiazole rings is 2. The topological polar surface area (TPSA) is 416 Å². The highest BCUT2D eigenvalue weighted by molar-refractivity contribution is 7.95. The fourth-order valence-electron chi connectivity index (χ4n) is 6.74. The molecule has 396 valence electrons. The average molecular weight is 1170 g/mol. The summed E-state index contributed by atoms with van der Waals surface area (Å²) in [7, 11) is 0.306. The monoisotopic (exact) mass is 1170 g/mol. The molecule has 8 atom stereocenters. The van der Waals surface area contributed by atoms with Crippen LogP contribution in [0.2, 0.25) is 0 Å². The highest BCUT2D eigenvalue weighted by atomic mass is 127. The van der Waals surface area contributed by atoms with Crippen molar-refractivity contribution < 1.29 is 67.8 Å². The second kappa shape index (κ2) is 28.7. The number of carbonyl (C=O) groups excluding carboxylic acids is 7. The van der Waals surface area contributed by atoms with Gasteiger partial charge in [0, 0.05) is 55.2 Å². The van der Waals surface area contributed by atoms with Crippen molar-refractivity contribution in [3.8, 4) is 10.7 Å². The Morgan fingerprint density at radius 1 is 0.847 bits per heavy atom. The molecule has 25 nitrogen and oxygen atoms in total. The van der Waals surface area contributed by atoms with Crippen molar-refractivity contribution >= 4 is 80.7 Å². The summed E-state index contributed by atoms with van der Waals surface area (Å²) in [6, 6.07) is -6.20. The maximum atomic E-state index is 13.9. The minimum Gasteiger partial charge on any atom is -1.00 e. The summed E-state index contributed by atoms with van der Waals surface area (Å²) in [6.07, 6.45) is 4.35. The number of hydrogen-bond acceptors (Lipinski definition) is 19. The fourth-order valence-corrected chi connectivity index (χ4v) is 9.08. The number of nitrogens with two attached hydrogens (primary N) is 4. The second-order valence-electron chi connectivity index (χ2n) is 17.3. The minimum absolute atomic E-state index is 0. The van der Waals surface area contributed by atoms with Crippen LogP contribution < -0.4 is 78.8 Å². The Hall–Kier alpha value is -5.44. The quantitative estimate of drug-likeness (QED) is 0.0144. The van der Waals surface area contributed by atoms with Crippen LogP contribution in [-0.4, -0.2) is 150 Å². The number of aromatic amines is 1. The van der Waals surface area contributed by atoms with E-state index in [9.17, 15) is 43.8 Å². The Balaban J connectivity index is 0.0000137. The van der Waals surface area contributed by atoms with Gasteiger partial charge in [-0.3, -0.25) is 33.6 Å². The lowest BCUT2D eigenvalue weighted by molar-refractivity contribution is -0.135. The summed E-state index contributed by atoms with van der Waals surface area (Å²) in [5.74, 6) is -5.94. The van der Waals surface area contributed by atoms with Gasteiger partial charge in [-0.15, -0.1) is 22.7 Å². The number of anilines is 1. The van der Waals surface area contributed by atoms with Gasteiger partial charge in [0.25, 0.3) is 11.8 Å². The third-order valence-electron chi connectivity index (χ3n) is 11.0. The Labute approximate surface area is 444 Å². The highest BCUT2D eigenvalue weighted by Gasteiger charge is 2.37. The van der Waals surface area contributed by atoms with Crippen LogP contribution >= 0.6 is 22.7 Å². The standard InChI is InChI=1S/C43H64N16O9S3.HI/c1-19(2)30(40(66)50-11-9-29-54-27(17-69-29)43-55-26(16-70-43)39(65)49-10-8-12-71(6)7)57-38(64)21(4)33(61)22(5)53-42(68)32(34(62)25-15-48-18-52-25)58-41(67)31-20(3)35(46)59-37(56-31)24(13-28(45)60)51-14-23(44)36(47)63;/h15-19,21-24,30,32-34,51,61-62H,8-14,44H2,1-7H3,(H11-,45,46,47,48,49,50,52,53,56,57,58,59,60,63,64,65,66,67,68);1H/t21-,22+,23-,24-,30-,32-,33-,34-;/m0./s1. The SMILES string of the molecule is Cc1c(N)nc([C@H](CC(N)=O)NC[C@H](N)C(N)=O)nc1C(=O)N[C@H](C(=O)N[C@H](C)[C@@H](O)[C@H](C)C(=O)N[C@H](C(=O)NCCc1nc(-c2nc(C(=O)NCCC[S+](C)C)cs2)cs1)C(C)C)[C@@H](O)c1cnc[nH]1.[I-]. The van der Waals surface area contributed by atoms with E-state index in [0.717, 1.165) is 17.2 Å². The molecule has 4 aromatic heterocycles. The number of nitrogen functional groups attached to an aromatic ring is 1. The molecule has 0 aliphatic carbocycles. The van der Waals surface area contributed by atoms with Crippen molar-refractivity contribution in [2.24, 2.45) is 29.0 Å². The zero-order valence-corrected chi connectivity index (χ0v) is 45.5. The van der Waals surface area contributed by atoms with E-state index in [1.165, 1.54) is 56.0 Å². The van der Waals surface area contributed by atoms with Crippen LogP contribution in [0.5, 0.6) is 0 Å². The second-order valence-corrected chi connectivity index (χ2v) is 21.5. The number of H-pyrrole nitrogens is 1. The van der Waals surface area contributed by atoms with Crippen molar-refractivity contribution in [3.63, 3.8) is 0 Å². The van der Waals surface area contributed by atoms with Crippen molar-refractivity contribution in [2.75, 3.05) is 43.6 Å². The number of carbonyl (C=O) groups is 7. The zero-order valence-electron chi connectivity index (χ0n) is 40.9. The summed E-state index contributed by atoms with van der Waals surface area (Å²) in [5, 5.41) is 43.8. The first-order valence-corrected chi connectivity index (χ1v) is 26.4. The number of rotatable bonds is 28. The van der Waals surface area contributed by atoms with Gasteiger partial charge in [-0.2, -0.15) is 0 Å². The molecule has 0 saturated carbocycles. The molecular weight excluding hydrogens is 1110 g/mol. The number of imidazole rings is 1. The third kappa shape index (κ3) is 17.7. The van der Waals surface area contributed by atoms with Crippen LogP contribution in [0.1, 0.15) is 95.7 Å². The average Bonchev–Trinajstić information content (AvgIpc) is 4.13. The van der Waals surface area contributed by atoms with E-state index in [0.29, 0.717) is 40.3 Å². The molecule has 72 heavy (non-hydrogen) atoms. The first-order chi connectivity index (χ1) is 33.5. The fraction of sp³-hybridized carbons (Fsp3) is 0.535. The molecule has 0 aliphatic heterocycles. The third-order valence-corrected chi connectivity index (χ3v) is 13.9. The molecule has 4 rings (SSSR count). The van der Waals surface area contributed by atoms with Crippen LogP contribution in [0.3, 0.4) is 0 Å². The molecule has 0 aromatic carbocycles. The zero-order chi connectivity index (χ0) is 52.7. The van der Waals surface area contributed by atoms with Gasteiger partial charge < -0.3 is 94.0 Å². The van der Waals surface area contributed by atoms with Gasteiger partial charge >= 0.3 is 0 Å². The van der Waals surface area contributed by atoms with E-state index in [1.54, 1.807) is 19.2 Å². The Bertz CT molecular complexity index is 2480. The van der Waals surface area contributed by atoms with Gasteiger partial charge in [-0.1, -0.05) is 20.8 Å². The molecular formula is C43H65IN16O9S3. The van der Waals surface area contributed by atoms with Crippen LogP contribution in [0.4, 0.5) is 5.82 Å². The minimum atomic E-state index is -1.78. The Kier molecular flexibility index (Phi) is 24.3. The maximum absolute atomic E-state index is 13.9. The summed E-state index contributed by atoms with van der Waals surface area (Å²) >= 11 is 2.70. The van der Waals surface area contributed by atoms with Crippen molar-refractivity contribution in [3.05, 3.63) is 56.8 Å². The maximum Gasteiger partial charge on any atom is 0.271 e. The van der Waals surface area contributed by atoms with Crippen molar-refractivity contribution in [1.82, 2.24) is 61.8 Å². The largest absolute Gasteiger partial charge is 1.00 e. The molecule has 0 bridgehead atoms. The van der Waals surface area contributed by atoms with E-state index < -0.39 is 90.2 Å². The molecule has 0 spiro atoms. The van der Waals surface area contributed by atoms with Crippen LogP contribution in [0, 0.1) is 18.8 Å². The van der Waals surface area contributed by atoms with Gasteiger partial charge in [-0.25, -0.2) is 24.9 Å². The van der Waals surface area contributed by atoms with E-state index in [4.69, 9.17) is 22.9 Å². The molecule has 29 heteroatoms. The number of aliphatic hydroxyl groups is 2. The smallest absolute Gasteiger partial charge is 0.271 e. The molecule has 4 heterocycles. The number of primary amides is 2. The van der Waals surface area contributed by atoms with Gasteiger partial charge in [0.2, 0.25) is 29.5 Å². The lowest BCUT2D eigenvalue weighted by Gasteiger charge is -2.30. The number of nitrogens with one attached hydrogen (secondary N) is 7. The van der Waals surface area contributed by atoms with Gasteiger partial charge in [-0.05, 0) is 30.7 Å². The lowest BCUT2D eigenvalue weighted by atomic mass is 9.95. The van der Waals surface area contributed by atoms with Crippen LogP contribution in [-0.2, 0) is 41.3 Å². The Morgan fingerprint density at radius 2 is 1.56 bits per heavy atom. The number of amides is 7. The molecule has 0 fully saturated rings. The normalized spacial score (nSPS) is 14.7. The molecule has 0 aliphatic rings. The van der Waals surface area contributed by atoms with Gasteiger partial charge in [0.05, 0.1) is 65.9 Å². The number of aliphatic hydroxyl groups excluding tert-OH is 2. The van der Waals surface area contributed by atoms with Gasteiger partial charge in [0.15, 0.2) is 0 Å². The van der Waals surface area contributed by atoms with E-state index >= 15 is 0 Å². The number of halogens is 1. The summed E-state index contributed by atoms with van der Waals surface area (Å²) < 4.78 is 0. The first-order valence-electron chi connectivity index (χ1n) is 22.5. The van der Waals surface area contributed by atoms with E-state index in [1.807, 2.05) is 5.38 Å². The molecule has 0 radical (unpaired) electrons.